The molecule has 0 spiro atoms. The van der Waals surface area contributed by atoms with Crippen molar-refractivity contribution in [3.63, 3.8) is 0 Å². The summed E-state index contributed by atoms with van der Waals surface area (Å²) in [6.07, 6.45) is 0.987. The lowest BCUT2D eigenvalue weighted by Crippen LogP contribution is -2.28. The van der Waals surface area contributed by atoms with Crippen LogP contribution in [0.2, 0.25) is 5.02 Å². The van der Waals surface area contributed by atoms with Gasteiger partial charge in [-0.15, -0.1) is 11.3 Å². The Kier molecular flexibility index (Phi) is 5.98. The standard InChI is InChI=1S/C15H14ClNO5S2/c1-24(20,21)13-7-10(4-5-12(13)16)15(19)22-9-14(18)17-8-11-3-2-6-23-11/h2-7H,8-9H2,1H3,(H,17,18). The molecule has 0 saturated heterocycles. The van der Waals surface area contributed by atoms with E-state index in [4.69, 9.17) is 16.3 Å². The molecule has 1 heterocycles. The molecule has 1 aromatic carbocycles. The number of halogens is 1. The van der Waals surface area contributed by atoms with Crippen molar-refractivity contribution in [3.8, 4) is 0 Å². The second-order valence-electron chi connectivity index (χ2n) is 4.85. The molecule has 0 fully saturated rings. The van der Waals surface area contributed by atoms with E-state index in [9.17, 15) is 18.0 Å². The SMILES string of the molecule is CS(=O)(=O)c1cc(C(=O)OCC(=O)NCc2cccs2)ccc1Cl. The van der Waals surface area contributed by atoms with E-state index in [-0.39, 0.29) is 15.5 Å². The zero-order chi connectivity index (χ0) is 17.7. The fourth-order valence-corrected chi connectivity index (χ4v) is 3.72. The number of hydrogen-bond donors (Lipinski definition) is 1. The minimum absolute atomic E-state index is 0.00545. The molecule has 6 nitrogen and oxygen atoms in total. The Morgan fingerprint density at radius 1 is 1.29 bits per heavy atom. The first-order valence-electron chi connectivity index (χ1n) is 6.73. The maximum absolute atomic E-state index is 11.9. The summed E-state index contributed by atoms with van der Waals surface area (Å²) in [6.45, 7) is -0.103. The molecule has 0 radical (unpaired) electrons. The van der Waals surface area contributed by atoms with Gasteiger partial charge in [0.15, 0.2) is 16.4 Å². The topological polar surface area (TPSA) is 89.5 Å². The number of ether oxygens (including phenoxy) is 1. The van der Waals surface area contributed by atoms with Gasteiger partial charge in [0.2, 0.25) is 0 Å². The number of hydrogen-bond acceptors (Lipinski definition) is 6. The number of carbonyl (C=O) groups is 2. The highest BCUT2D eigenvalue weighted by Crippen LogP contribution is 2.22. The Balaban J connectivity index is 1.94. The maximum atomic E-state index is 11.9. The number of carbonyl (C=O) groups excluding carboxylic acids is 2. The lowest BCUT2D eigenvalue weighted by atomic mass is 10.2. The van der Waals surface area contributed by atoms with Crippen LogP contribution in [0.5, 0.6) is 0 Å². The summed E-state index contributed by atoms with van der Waals surface area (Å²) in [5.74, 6) is -1.25. The summed E-state index contributed by atoms with van der Waals surface area (Å²) in [6, 6.07) is 7.50. The van der Waals surface area contributed by atoms with Crippen LogP contribution in [0.15, 0.2) is 40.6 Å². The van der Waals surface area contributed by atoms with Crippen molar-refractivity contribution in [1.29, 1.82) is 0 Å². The van der Waals surface area contributed by atoms with Crippen LogP contribution < -0.4 is 5.32 Å². The number of nitrogens with one attached hydrogen (secondary N) is 1. The van der Waals surface area contributed by atoms with Crippen LogP contribution in [0, 0.1) is 0 Å². The van der Waals surface area contributed by atoms with Crippen molar-refractivity contribution in [2.24, 2.45) is 0 Å². The lowest BCUT2D eigenvalue weighted by Gasteiger charge is -2.07. The Hall–Kier alpha value is -1.90. The van der Waals surface area contributed by atoms with Gasteiger partial charge in [0, 0.05) is 11.1 Å². The molecule has 2 rings (SSSR count). The molecule has 0 aliphatic heterocycles. The smallest absolute Gasteiger partial charge is 0.338 e. The molecular weight excluding hydrogens is 374 g/mol. The van der Waals surface area contributed by atoms with Crippen LogP contribution in [-0.2, 0) is 25.9 Å². The van der Waals surface area contributed by atoms with Crippen molar-refractivity contribution < 1.29 is 22.7 Å². The van der Waals surface area contributed by atoms with E-state index in [2.05, 4.69) is 5.32 Å². The molecule has 1 amide bonds. The highest BCUT2D eigenvalue weighted by molar-refractivity contribution is 7.90. The lowest BCUT2D eigenvalue weighted by molar-refractivity contribution is -0.124. The number of thiophene rings is 1. The number of rotatable bonds is 6. The van der Waals surface area contributed by atoms with E-state index in [1.165, 1.54) is 23.5 Å². The first-order valence-corrected chi connectivity index (χ1v) is 9.88. The molecule has 0 aliphatic rings. The number of esters is 1. The monoisotopic (exact) mass is 387 g/mol. The van der Waals surface area contributed by atoms with Gasteiger partial charge in [0.25, 0.3) is 5.91 Å². The molecule has 0 saturated carbocycles. The van der Waals surface area contributed by atoms with Crippen molar-refractivity contribution >= 4 is 44.7 Å². The molecule has 0 atom stereocenters. The molecule has 0 unspecified atom stereocenters. The average Bonchev–Trinajstić information content (AvgIpc) is 3.03. The third-order valence-electron chi connectivity index (χ3n) is 2.94. The van der Waals surface area contributed by atoms with Gasteiger partial charge in [-0.2, -0.15) is 0 Å². The second-order valence-corrected chi connectivity index (χ2v) is 8.27. The molecular formula is C15H14ClNO5S2. The predicted molar refractivity (Wildman–Crippen MR) is 91.0 cm³/mol. The van der Waals surface area contributed by atoms with Crippen LogP contribution in [-0.4, -0.2) is 33.2 Å². The normalized spacial score (nSPS) is 11.1. The predicted octanol–water partition coefficient (Wildman–Crippen LogP) is 2.28. The van der Waals surface area contributed by atoms with Gasteiger partial charge >= 0.3 is 5.97 Å². The Labute approximate surface area is 148 Å². The Bertz CT molecular complexity index is 847. The summed E-state index contributed by atoms with van der Waals surface area (Å²) in [4.78, 5) is 24.4. The molecule has 1 aromatic heterocycles. The summed E-state index contributed by atoms with van der Waals surface area (Å²) in [7, 11) is -3.57. The van der Waals surface area contributed by atoms with E-state index < -0.39 is 28.3 Å². The van der Waals surface area contributed by atoms with Gasteiger partial charge in [0.1, 0.15) is 0 Å². The Morgan fingerprint density at radius 3 is 2.67 bits per heavy atom. The Morgan fingerprint density at radius 2 is 2.04 bits per heavy atom. The van der Waals surface area contributed by atoms with Crippen LogP contribution in [0.1, 0.15) is 15.2 Å². The van der Waals surface area contributed by atoms with Gasteiger partial charge in [0.05, 0.1) is 22.0 Å². The molecule has 1 N–H and O–H groups in total. The third kappa shape index (κ3) is 5.05. The van der Waals surface area contributed by atoms with E-state index in [0.717, 1.165) is 17.2 Å². The van der Waals surface area contributed by atoms with Gasteiger partial charge in [-0.3, -0.25) is 4.79 Å². The fraction of sp³-hybridized carbons (Fsp3) is 0.200. The van der Waals surface area contributed by atoms with Crippen molar-refractivity contribution in [3.05, 3.63) is 51.2 Å². The van der Waals surface area contributed by atoms with Crippen LogP contribution >= 0.6 is 22.9 Å². The van der Waals surface area contributed by atoms with Gasteiger partial charge in [-0.05, 0) is 29.6 Å². The minimum Gasteiger partial charge on any atom is -0.452 e. The highest BCUT2D eigenvalue weighted by Gasteiger charge is 2.17. The van der Waals surface area contributed by atoms with Crippen LogP contribution in [0.4, 0.5) is 0 Å². The molecule has 128 valence electrons. The number of amides is 1. The van der Waals surface area contributed by atoms with Crippen LogP contribution in [0.25, 0.3) is 0 Å². The number of benzene rings is 1. The second kappa shape index (κ2) is 7.78. The minimum atomic E-state index is -3.57. The molecule has 0 bridgehead atoms. The number of sulfone groups is 1. The van der Waals surface area contributed by atoms with E-state index in [1.807, 2.05) is 17.5 Å². The van der Waals surface area contributed by atoms with Gasteiger partial charge in [-0.1, -0.05) is 17.7 Å². The molecule has 2 aromatic rings. The summed E-state index contributed by atoms with van der Waals surface area (Å²) >= 11 is 7.31. The zero-order valence-electron chi connectivity index (χ0n) is 12.6. The largest absolute Gasteiger partial charge is 0.452 e. The highest BCUT2D eigenvalue weighted by atomic mass is 35.5. The zero-order valence-corrected chi connectivity index (χ0v) is 15.0. The van der Waals surface area contributed by atoms with E-state index >= 15 is 0 Å². The molecule has 24 heavy (non-hydrogen) atoms. The first kappa shape index (κ1) is 18.4. The molecule has 0 aliphatic carbocycles. The van der Waals surface area contributed by atoms with Crippen molar-refractivity contribution in [1.82, 2.24) is 5.32 Å². The van der Waals surface area contributed by atoms with Crippen molar-refractivity contribution in [2.75, 3.05) is 12.9 Å². The van der Waals surface area contributed by atoms with Crippen LogP contribution in [0.3, 0.4) is 0 Å². The van der Waals surface area contributed by atoms with E-state index in [0.29, 0.717) is 6.54 Å². The van der Waals surface area contributed by atoms with E-state index in [1.54, 1.807) is 0 Å². The summed E-state index contributed by atoms with van der Waals surface area (Å²) in [5.41, 5.74) is 0.00545. The molecule has 9 heteroatoms. The summed E-state index contributed by atoms with van der Waals surface area (Å²) in [5, 5.41) is 4.52. The van der Waals surface area contributed by atoms with Gasteiger partial charge in [-0.25, -0.2) is 13.2 Å². The average molecular weight is 388 g/mol. The summed E-state index contributed by atoms with van der Waals surface area (Å²) < 4.78 is 28.1. The maximum Gasteiger partial charge on any atom is 0.338 e. The third-order valence-corrected chi connectivity index (χ3v) is 5.40. The van der Waals surface area contributed by atoms with Crippen molar-refractivity contribution in [2.45, 2.75) is 11.4 Å². The first-order chi connectivity index (χ1) is 11.3. The van der Waals surface area contributed by atoms with Gasteiger partial charge < -0.3 is 10.1 Å². The fourth-order valence-electron chi connectivity index (χ4n) is 1.78. The quantitative estimate of drug-likeness (QED) is 0.768.